The SMILES string of the molecule is CCCN(CCCCN1C(=O)CC(C)(C)CC1=O)[C@H]1CCc2ccc3[nH]ccc3c2C1. The third-order valence-electron chi connectivity index (χ3n) is 7.10. The number of hydrogen-bond acceptors (Lipinski definition) is 3. The average molecular weight is 424 g/mol. The van der Waals surface area contributed by atoms with Crippen molar-refractivity contribution in [1.82, 2.24) is 14.8 Å². The number of aromatic amines is 1. The Morgan fingerprint density at radius 1 is 1.10 bits per heavy atom. The van der Waals surface area contributed by atoms with Gasteiger partial charge in [0.25, 0.3) is 0 Å². The van der Waals surface area contributed by atoms with Crippen LogP contribution in [-0.2, 0) is 22.4 Å². The molecule has 2 aliphatic rings. The Morgan fingerprint density at radius 2 is 1.87 bits per heavy atom. The summed E-state index contributed by atoms with van der Waals surface area (Å²) in [4.78, 5) is 32.3. The van der Waals surface area contributed by atoms with Gasteiger partial charge in [0.05, 0.1) is 0 Å². The molecule has 1 aliphatic heterocycles. The monoisotopic (exact) mass is 423 g/mol. The molecule has 1 aliphatic carbocycles. The van der Waals surface area contributed by atoms with Crippen molar-refractivity contribution in [3.63, 3.8) is 0 Å². The molecule has 2 amide bonds. The van der Waals surface area contributed by atoms with Crippen LogP contribution < -0.4 is 0 Å². The molecule has 2 heterocycles. The lowest BCUT2D eigenvalue weighted by Gasteiger charge is -2.36. The van der Waals surface area contributed by atoms with Crippen molar-refractivity contribution in [2.24, 2.45) is 5.41 Å². The molecule has 2 aromatic rings. The number of carbonyl (C=O) groups is 2. The number of unbranched alkanes of at least 4 members (excludes halogenated alkanes) is 1. The fraction of sp³-hybridized carbons (Fsp3) is 0.615. The summed E-state index contributed by atoms with van der Waals surface area (Å²) < 4.78 is 0. The van der Waals surface area contributed by atoms with Crippen molar-refractivity contribution in [3.05, 3.63) is 35.5 Å². The van der Waals surface area contributed by atoms with E-state index in [9.17, 15) is 9.59 Å². The standard InChI is InChI=1S/C26H37N3O2/c1-4-13-28(14-5-6-15-29-24(30)17-26(2,3)18-25(29)31)20-9-7-19-8-10-23-21(11-12-27-23)22(19)16-20/h8,10-12,20,27H,4-7,9,13-18H2,1-3H3/t20-/m0/s1. The fourth-order valence-electron chi connectivity index (χ4n) is 5.50. The molecule has 4 rings (SSSR count). The van der Waals surface area contributed by atoms with Gasteiger partial charge >= 0.3 is 0 Å². The quantitative estimate of drug-likeness (QED) is 0.495. The van der Waals surface area contributed by atoms with Gasteiger partial charge in [0.15, 0.2) is 0 Å². The van der Waals surface area contributed by atoms with Gasteiger partial charge in [-0.15, -0.1) is 0 Å². The summed E-state index contributed by atoms with van der Waals surface area (Å²) in [7, 11) is 0. The molecule has 31 heavy (non-hydrogen) atoms. The van der Waals surface area contributed by atoms with Crippen molar-refractivity contribution in [2.45, 2.75) is 78.2 Å². The summed E-state index contributed by atoms with van der Waals surface area (Å²) in [5.41, 5.74) is 4.07. The van der Waals surface area contributed by atoms with E-state index >= 15 is 0 Å². The molecular formula is C26H37N3O2. The second-order valence-corrected chi connectivity index (χ2v) is 10.2. The molecule has 5 nitrogen and oxygen atoms in total. The van der Waals surface area contributed by atoms with Gasteiger partial charge in [0.1, 0.15) is 0 Å². The summed E-state index contributed by atoms with van der Waals surface area (Å²) in [5, 5.41) is 1.38. The maximum Gasteiger partial charge on any atom is 0.229 e. The number of piperidine rings is 1. The number of carbonyl (C=O) groups excluding carboxylic acids is 2. The van der Waals surface area contributed by atoms with Crippen LogP contribution in [0, 0.1) is 5.41 Å². The number of aryl methyl sites for hydroxylation is 1. The van der Waals surface area contributed by atoms with Gasteiger partial charge in [-0.3, -0.25) is 14.5 Å². The molecule has 0 unspecified atom stereocenters. The van der Waals surface area contributed by atoms with Crippen molar-refractivity contribution < 1.29 is 9.59 Å². The first-order chi connectivity index (χ1) is 14.9. The van der Waals surface area contributed by atoms with Crippen LogP contribution in [0.1, 0.15) is 70.4 Å². The maximum absolute atomic E-state index is 12.4. The predicted octanol–water partition coefficient (Wildman–Crippen LogP) is 4.69. The second-order valence-electron chi connectivity index (χ2n) is 10.2. The number of benzene rings is 1. The van der Waals surface area contributed by atoms with Crippen LogP contribution in [-0.4, -0.2) is 52.3 Å². The van der Waals surface area contributed by atoms with E-state index in [4.69, 9.17) is 0 Å². The number of H-pyrrole nitrogens is 1. The van der Waals surface area contributed by atoms with Crippen molar-refractivity contribution in [3.8, 4) is 0 Å². The van der Waals surface area contributed by atoms with E-state index in [-0.39, 0.29) is 17.2 Å². The van der Waals surface area contributed by atoms with E-state index in [0.717, 1.165) is 45.2 Å². The molecule has 1 aromatic heterocycles. The van der Waals surface area contributed by atoms with Gasteiger partial charge < -0.3 is 9.88 Å². The van der Waals surface area contributed by atoms with Crippen LogP contribution in [0.4, 0.5) is 0 Å². The Balaban J connectivity index is 1.33. The van der Waals surface area contributed by atoms with E-state index in [1.165, 1.54) is 33.4 Å². The molecule has 0 saturated carbocycles. The van der Waals surface area contributed by atoms with E-state index < -0.39 is 0 Å². The Bertz CT molecular complexity index is 925. The Labute approximate surface area is 186 Å². The molecule has 1 N–H and O–H groups in total. The normalized spacial score (nSPS) is 21.2. The molecular weight excluding hydrogens is 386 g/mol. The molecule has 0 bridgehead atoms. The highest BCUT2D eigenvalue weighted by Gasteiger charge is 2.37. The van der Waals surface area contributed by atoms with E-state index in [2.05, 4.69) is 35.0 Å². The van der Waals surface area contributed by atoms with E-state index in [0.29, 0.717) is 25.4 Å². The zero-order valence-electron chi connectivity index (χ0n) is 19.4. The Kier molecular flexibility index (Phi) is 6.52. The third-order valence-corrected chi connectivity index (χ3v) is 7.10. The number of amides is 2. The third kappa shape index (κ3) is 4.87. The molecule has 1 atom stereocenters. The average Bonchev–Trinajstić information content (AvgIpc) is 3.20. The molecule has 1 fully saturated rings. The van der Waals surface area contributed by atoms with E-state index in [1.807, 2.05) is 20.0 Å². The maximum atomic E-state index is 12.4. The fourth-order valence-corrected chi connectivity index (χ4v) is 5.50. The van der Waals surface area contributed by atoms with Crippen molar-refractivity contribution >= 4 is 22.7 Å². The molecule has 0 radical (unpaired) electrons. The lowest BCUT2D eigenvalue weighted by molar-refractivity contribution is -0.152. The number of nitrogens with one attached hydrogen (secondary N) is 1. The number of fused-ring (bicyclic) bond motifs is 3. The van der Waals surface area contributed by atoms with Crippen LogP contribution in [0.2, 0.25) is 0 Å². The minimum absolute atomic E-state index is 0.00562. The van der Waals surface area contributed by atoms with Crippen molar-refractivity contribution in [2.75, 3.05) is 19.6 Å². The summed E-state index contributed by atoms with van der Waals surface area (Å²) in [5.74, 6) is 0.0112. The molecule has 5 heteroatoms. The highest BCUT2D eigenvalue weighted by atomic mass is 16.2. The van der Waals surface area contributed by atoms with Crippen LogP contribution >= 0.6 is 0 Å². The summed E-state index contributed by atoms with van der Waals surface area (Å²) in [6.45, 7) is 8.99. The molecule has 0 spiro atoms. The van der Waals surface area contributed by atoms with Gasteiger partial charge in [-0.2, -0.15) is 0 Å². The first kappa shape index (κ1) is 22.1. The van der Waals surface area contributed by atoms with E-state index in [1.54, 1.807) is 0 Å². The van der Waals surface area contributed by atoms with Gasteiger partial charge in [0, 0.05) is 42.5 Å². The largest absolute Gasteiger partial charge is 0.361 e. The highest BCUT2D eigenvalue weighted by Crippen LogP contribution is 2.32. The lowest BCUT2D eigenvalue weighted by atomic mass is 9.81. The topological polar surface area (TPSA) is 56.4 Å². The van der Waals surface area contributed by atoms with Crippen LogP contribution in [0.3, 0.4) is 0 Å². The van der Waals surface area contributed by atoms with Crippen LogP contribution in [0.25, 0.3) is 10.9 Å². The molecule has 168 valence electrons. The lowest BCUT2D eigenvalue weighted by Crippen LogP contribution is -2.46. The number of aromatic nitrogens is 1. The minimum atomic E-state index is -0.190. The van der Waals surface area contributed by atoms with Gasteiger partial charge in [-0.1, -0.05) is 26.8 Å². The van der Waals surface area contributed by atoms with Gasteiger partial charge in [-0.25, -0.2) is 0 Å². The predicted molar refractivity (Wildman–Crippen MR) is 125 cm³/mol. The first-order valence-corrected chi connectivity index (χ1v) is 12.0. The Morgan fingerprint density at radius 3 is 2.61 bits per heavy atom. The number of hydrogen-bond donors (Lipinski definition) is 1. The zero-order valence-corrected chi connectivity index (χ0v) is 19.4. The first-order valence-electron chi connectivity index (χ1n) is 12.0. The van der Waals surface area contributed by atoms with Crippen LogP contribution in [0.5, 0.6) is 0 Å². The van der Waals surface area contributed by atoms with Crippen LogP contribution in [0.15, 0.2) is 24.4 Å². The zero-order chi connectivity index (χ0) is 22.0. The number of rotatable bonds is 8. The van der Waals surface area contributed by atoms with Crippen molar-refractivity contribution in [1.29, 1.82) is 0 Å². The summed E-state index contributed by atoms with van der Waals surface area (Å²) >= 11 is 0. The van der Waals surface area contributed by atoms with Gasteiger partial charge in [0.2, 0.25) is 11.8 Å². The van der Waals surface area contributed by atoms with Gasteiger partial charge in [-0.05, 0) is 80.3 Å². The summed E-state index contributed by atoms with van der Waals surface area (Å²) in [6.07, 6.45) is 9.55. The Hall–Kier alpha value is -2.14. The second kappa shape index (κ2) is 9.15. The summed E-state index contributed by atoms with van der Waals surface area (Å²) in [6, 6.07) is 7.30. The number of likely N-dealkylation sites (tertiary alicyclic amines) is 1. The minimum Gasteiger partial charge on any atom is -0.361 e. The number of nitrogens with zero attached hydrogens (tertiary/aromatic N) is 2. The molecule has 1 saturated heterocycles. The highest BCUT2D eigenvalue weighted by molar-refractivity contribution is 5.98. The molecule has 1 aromatic carbocycles. The smallest absolute Gasteiger partial charge is 0.229 e. The number of imide groups is 1.